The maximum Gasteiger partial charge on any atom is 0.333 e. The summed E-state index contributed by atoms with van der Waals surface area (Å²) in [5.74, 6) is 0. The van der Waals surface area contributed by atoms with E-state index in [0.717, 1.165) is 23.0 Å². The zero-order valence-corrected chi connectivity index (χ0v) is 18.9. The number of hydrogen-bond acceptors (Lipinski definition) is 6. The van der Waals surface area contributed by atoms with E-state index in [-0.39, 0.29) is 18.6 Å². The van der Waals surface area contributed by atoms with Gasteiger partial charge in [0.2, 0.25) is 0 Å². The second-order valence-corrected chi connectivity index (χ2v) is 8.72. The number of fused-ring (bicyclic) bond motifs is 2. The van der Waals surface area contributed by atoms with Gasteiger partial charge >= 0.3 is 5.69 Å². The van der Waals surface area contributed by atoms with Gasteiger partial charge in [0.1, 0.15) is 0 Å². The maximum atomic E-state index is 13.5. The molecule has 1 aromatic carbocycles. The average Bonchev–Trinajstić information content (AvgIpc) is 3.46. The van der Waals surface area contributed by atoms with Crippen molar-refractivity contribution >= 4 is 27.5 Å². The van der Waals surface area contributed by atoms with Crippen LogP contribution in [0.4, 0.5) is 0 Å². The lowest BCUT2D eigenvalue weighted by molar-refractivity contribution is 0.611. The Kier molecular flexibility index (Phi) is 5.51. The summed E-state index contributed by atoms with van der Waals surface area (Å²) in [6.45, 7) is 2.90. The molecule has 5 aromatic rings. The van der Waals surface area contributed by atoms with Gasteiger partial charge in [0, 0.05) is 24.2 Å². The van der Waals surface area contributed by atoms with Crippen molar-refractivity contribution in [3.05, 3.63) is 96.8 Å². The summed E-state index contributed by atoms with van der Waals surface area (Å²) >= 11 is 1.32. The SMILES string of the molecule is CCCCn1cnc2c1c(=O)n(Cc1cc(=O)n3ccsc3n1)c(=O)n2Cc1ccccc1. The lowest BCUT2D eigenvalue weighted by Crippen LogP contribution is -2.41. The third kappa shape index (κ3) is 3.82. The third-order valence-corrected chi connectivity index (χ3v) is 6.35. The van der Waals surface area contributed by atoms with Crippen molar-refractivity contribution in [2.24, 2.45) is 0 Å². The Morgan fingerprint density at radius 1 is 1.03 bits per heavy atom. The van der Waals surface area contributed by atoms with Crippen LogP contribution in [0.25, 0.3) is 16.1 Å². The molecule has 168 valence electrons. The number of thiazole rings is 1. The number of aryl methyl sites for hydroxylation is 1. The van der Waals surface area contributed by atoms with Crippen molar-refractivity contribution in [2.75, 3.05) is 0 Å². The quantitative estimate of drug-likeness (QED) is 0.370. The van der Waals surface area contributed by atoms with Crippen LogP contribution >= 0.6 is 11.3 Å². The Balaban J connectivity index is 1.70. The van der Waals surface area contributed by atoms with Gasteiger partial charge in [0.05, 0.1) is 25.1 Å². The fourth-order valence-corrected chi connectivity index (χ4v) is 4.65. The van der Waals surface area contributed by atoms with Gasteiger partial charge in [-0.15, -0.1) is 11.3 Å². The summed E-state index contributed by atoms with van der Waals surface area (Å²) < 4.78 is 5.92. The zero-order chi connectivity index (χ0) is 22.9. The molecule has 0 fully saturated rings. The van der Waals surface area contributed by atoms with Gasteiger partial charge in [-0.1, -0.05) is 43.7 Å². The molecule has 5 rings (SSSR count). The standard InChI is InChI=1S/C23H22N6O3S/c1-2-3-9-26-15-24-20-19(26)21(31)29(23(32)28(20)13-16-7-5-4-6-8-16)14-17-12-18(30)27-10-11-33-22(27)25-17/h4-8,10-12,15H,2-3,9,13-14H2,1H3. The van der Waals surface area contributed by atoms with Crippen LogP contribution in [-0.2, 0) is 19.6 Å². The summed E-state index contributed by atoms with van der Waals surface area (Å²) in [6.07, 6.45) is 5.12. The molecule has 4 heterocycles. The third-order valence-electron chi connectivity index (χ3n) is 5.60. The van der Waals surface area contributed by atoms with Gasteiger partial charge in [0.15, 0.2) is 16.1 Å². The van der Waals surface area contributed by atoms with Gasteiger partial charge in [-0.25, -0.2) is 14.8 Å². The topological polar surface area (TPSA) is 96.2 Å². The second kappa shape index (κ2) is 8.62. The summed E-state index contributed by atoms with van der Waals surface area (Å²) in [5, 5.41) is 1.77. The summed E-state index contributed by atoms with van der Waals surface area (Å²) in [4.78, 5) is 48.8. The first-order chi connectivity index (χ1) is 16.1. The largest absolute Gasteiger partial charge is 0.333 e. The molecule has 0 atom stereocenters. The first-order valence-electron chi connectivity index (χ1n) is 10.7. The van der Waals surface area contributed by atoms with Crippen LogP contribution in [0.1, 0.15) is 31.0 Å². The van der Waals surface area contributed by atoms with E-state index in [9.17, 15) is 14.4 Å². The van der Waals surface area contributed by atoms with Crippen molar-refractivity contribution in [1.29, 1.82) is 0 Å². The average molecular weight is 463 g/mol. The van der Waals surface area contributed by atoms with Crippen LogP contribution in [0.15, 0.2) is 68.7 Å². The van der Waals surface area contributed by atoms with Crippen molar-refractivity contribution in [3.8, 4) is 0 Å². The highest BCUT2D eigenvalue weighted by molar-refractivity contribution is 7.15. The van der Waals surface area contributed by atoms with E-state index < -0.39 is 11.2 Å². The first-order valence-corrected chi connectivity index (χ1v) is 11.6. The number of aromatic nitrogens is 6. The molecule has 0 saturated carbocycles. The lowest BCUT2D eigenvalue weighted by Gasteiger charge is -2.13. The highest BCUT2D eigenvalue weighted by Crippen LogP contribution is 2.12. The fourth-order valence-electron chi connectivity index (χ4n) is 3.92. The van der Waals surface area contributed by atoms with Gasteiger partial charge in [0.25, 0.3) is 11.1 Å². The van der Waals surface area contributed by atoms with E-state index in [1.54, 1.807) is 17.9 Å². The van der Waals surface area contributed by atoms with Gasteiger partial charge in [-0.05, 0) is 12.0 Å². The van der Waals surface area contributed by atoms with Crippen LogP contribution in [0.5, 0.6) is 0 Å². The van der Waals surface area contributed by atoms with E-state index in [0.29, 0.717) is 28.4 Å². The molecule has 0 amide bonds. The Hall–Kier alpha value is -3.79. The smallest absolute Gasteiger partial charge is 0.325 e. The number of unbranched alkanes of at least 4 members (excludes halogenated alkanes) is 1. The predicted octanol–water partition coefficient (Wildman–Crippen LogP) is 2.33. The Morgan fingerprint density at radius 3 is 2.64 bits per heavy atom. The minimum atomic E-state index is -0.481. The molecule has 0 aliphatic rings. The predicted molar refractivity (Wildman–Crippen MR) is 127 cm³/mol. The minimum Gasteiger partial charge on any atom is -0.325 e. The minimum absolute atomic E-state index is 0.0923. The van der Waals surface area contributed by atoms with Crippen molar-refractivity contribution in [2.45, 2.75) is 39.4 Å². The molecule has 0 aliphatic carbocycles. The molecule has 0 spiro atoms. The molecule has 0 saturated heterocycles. The fraction of sp³-hybridized carbons (Fsp3) is 0.261. The number of imidazole rings is 1. The van der Waals surface area contributed by atoms with Crippen molar-refractivity contribution in [1.82, 2.24) is 28.1 Å². The van der Waals surface area contributed by atoms with Crippen molar-refractivity contribution in [3.63, 3.8) is 0 Å². The molecule has 0 aliphatic heterocycles. The molecule has 9 nitrogen and oxygen atoms in total. The highest BCUT2D eigenvalue weighted by atomic mass is 32.1. The molecule has 10 heteroatoms. The summed E-state index contributed by atoms with van der Waals surface area (Å²) in [6, 6.07) is 10.9. The highest BCUT2D eigenvalue weighted by Gasteiger charge is 2.19. The zero-order valence-electron chi connectivity index (χ0n) is 18.0. The number of hydrogen-bond donors (Lipinski definition) is 0. The second-order valence-electron chi connectivity index (χ2n) is 7.85. The Labute approximate surface area is 191 Å². The lowest BCUT2D eigenvalue weighted by atomic mass is 10.2. The van der Waals surface area contributed by atoms with Crippen molar-refractivity contribution < 1.29 is 0 Å². The first kappa shape index (κ1) is 21.1. The molecule has 0 unspecified atom stereocenters. The molecule has 0 bridgehead atoms. The molecule has 0 radical (unpaired) electrons. The van der Waals surface area contributed by atoms with Gasteiger partial charge in [-0.3, -0.25) is 23.1 Å². The monoisotopic (exact) mass is 462 g/mol. The van der Waals surface area contributed by atoms with Crippen LogP contribution < -0.4 is 16.8 Å². The van der Waals surface area contributed by atoms with E-state index >= 15 is 0 Å². The molecule has 0 N–H and O–H groups in total. The molecular formula is C23H22N6O3S. The van der Waals surface area contributed by atoms with E-state index in [2.05, 4.69) is 16.9 Å². The molecular weight excluding hydrogens is 440 g/mol. The number of nitrogens with zero attached hydrogens (tertiary/aromatic N) is 6. The van der Waals surface area contributed by atoms with Crippen LogP contribution in [0.2, 0.25) is 0 Å². The van der Waals surface area contributed by atoms with E-state index in [1.165, 1.54) is 26.4 Å². The molecule has 33 heavy (non-hydrogen) atoms. The van der Waals surface area contributed by atoms with Crippen LogP contribution in [0.3, 0.4) is 0 Å². The van der Waals surface area contributed by atoms with Crippen LogP contribution in [0, 0.1) is 0 Å². The van der Waals surface area contributed by atoms with Gasteiger partial charge < -0.3 is 4.57 Å². The van der Waals surface area contributed by atoms with Gasteiger partial charge in [-0.2, -0.15) is 0 Å². The van der Waals surface area contributed by atoms with E-state index in [4.69, 9.17) is 0 Å². The maximum absolute atomic E-state index is 13.5. The normalized spacial score (nSPS) is 11.5. The number of rotatable bonds is 7. The molecule has 4 aromatic heterocycles. The Morgan fingerprint density at radius 2 is 1.85 bits per heavy atom. The summed E-state index contributed by atoms with van der Waals surface area (Å²) in [7, 11) is 0. The Bertz CT molecular complexity index is 1620. The number of benzene rings is 1. The summed E-state index contributed by atoms with van der Waals surface area (Å²) in [5.41, 5.74) is 0.877. The van der Waals surface area contributed by atoms with Crippen LogP contribution in [-0.4, -0.2) is 28.1 Å². The van der Waals surface area contributed by atoms with E-state index in [1.807, 2.05) is 34.9 Å².